The second kappa shape index (κ2) is 8.80. The summed E-state index contributed by atoms with van der Waals surface area (Å²) in [5.74, 6) is 0.547. The van der Waals surface area contributed by atoms with E-state index in [0.717, 1.165) is 50.3 Å². The van der Waals surface area contributed by atoms with Crippen molar-refractivity contribution in [2.75, 3.05) is 36.4 Å². The lowest BCUT2D eigenvalue weighted by Crippen LogP contribution is -2.45. The molecular weight excluding hydrogens is 356 g/mol. The summed E-state index contributed by atoms with van der Waals surface area (Å²) >= 11 is 0. The Morgan fingerprint density at radius 1 is 1.14 bits per heavy atom. The number of hydrogen-bond acceptors (Lipinski definition) is 5. The number of hydrogen-bond donors (Lipinski definition) is 1. The molecule has 2 aliphatic rings. The number of anilines is 2. The van der Waals surface area contributed by atoms with Crippen LogP contribution in [0.1, 0.15) is 52.9 Å². The minimum absolute atomic E-state index is 0.0560. The first-order valence-corrected chi connectivity index (χ1v) is 10.3. The van der Waals surface area contributed by atoms with Gasteiger partial charge in [0.25, 0.3) is 0 Å². The van der Waals surface area contributed by atoms with Crippen molar-refractivity contribution in [2.24, 2.45) is 5.92 Å². The molecule has 3 rings (SSSR count). The molecule has 28 heavy (non-hydrogen) atoms. The summed E-state index contributed by atoms with van der Waals surface area (Å²) in [4.78, 5) is 33.7. The summed E-state index contributed by atoms with van der Waals surface area (Å²) in [5, 5.41) is 3.06. The van der Waals surface area contributed by atoms with Gasteiger partial charge in [-0.15, -0.1) is 0 Å². The molecule has 1 N–H and O–H groups in total. The Hall–Kier alpha value is -2.31. The number of carbonyl (C=O) groups excluding carboxylic acids is 2. The lowest BCUT2D eigenvalue weighted by Gasteiger charge is -2.34. The van der Waals surface area contributed by atoms with Crippen LogP contribution in [0.3, 0.4) is 0 Å². The van der Waals surface area contributed by atoms with E-state index in [9.17, 15) is 9.59 Å². The van der Waals surface area contributed by atoms with Gasteiger partial charge in [0.2, 0.25) is 5.91 Å². The largest absolute Gasteiger partial charge is 0.444 e. The van der Waals surface area contributed by atoms with Gasteiger partial charge in [-0.3, -0.25) is 4.79 Å². The van der Waals surface area contributed by atoms with Crippen molar-refractivity contribution in [3.8, 4) is 0 Å². The molecule has 7 nitrogen and oxygen atoms in total. The molecule has 0 bridgehead atoms. The van der Waals surface area contributed by atoms with Crippen LogP contribution in [0.2, 0.25) is 0 Å². The molecule has 1 unspecified atom stereocenters. The summed E-state index contributed by atoms with van der Waals surface area (Å²) in [7, 11) is 0. The monoisotopic (exact) mass is 388 g/mol. The minimum Gasteiger partial charge on any atom is -0.444 e. The number of piperidine rings is 2. The molecule has 0 saturated carbocycles. The minimum atomic E-state index is -0.536. The fourth-order valence-electron chi connectivity index (χ4n) is 3.77. The van der Waals surface area contributed by atoms with E-state index < -0.39 is 5.60 Å². The average molecular weight is 389 g/mol. The van der Waals surface area contributed by atoms with Crippen molar-refractivity contribution >= 4 is 23.5 Å². The number of pyridine rings is 1. The number of carbonyl (C=O) groups is 2. The summed E-state index contributed by atoms with van der Waals surface area (Å²) < 4.78 is 5.46. The first-order chi connectivity index (χ1) is 13.3. The van der Waals surface area contributed by atoms with Gasteiger partial charge in [-0.2, -0.15) is 0 Å². The Labute approximate surface area is 167 Å². The van der Waals surface area contributed by atoms with Gasteiger partial charge in [0.15, 0.2) is 5.82 Å². The molecule has 2 saturated heterocycles. The zero-order chi connectivity index (χ0) is 20.1. The standard InChI is InChI=1S/C21H32N4O3/c1-21(2,3)28-20(27)25-14-8-9-16(15-25)19(26)23-17-10-7-11-22-18(17)24-12-5-4-6-13-24/h7,10-11,16H,4-6,8-9,12-15H2,1-3H3,(H,23,26). The molecule has 0 radical (unpaired) electrons. The average Bonchev–Trinajstić information content (AvgIpc) is 2.68. The molecule has 2 fully saturated rings. The third-order valence-electron chi connectivity index (χ3n) is 5.14. The molecule has 7 heteroatoms. The number of ether oxygens (including phenoxy) is 1. The Kier molecular flexibility index (Phi) is 6.42. The van der Waals surface area contributed by atoms with Crippen LogP contribution in [0.15, 0.2) is 18.3 Å². The van der Waals surface area contributed by atoms with Gasteiger partial charge < -0.3 is 19.9 Å². The van der Waals surface area contributed by atoms with Gasteiger partial charge >= 0.3 is 6.09 Å². The van der Waals surface area contributed by atoms with Crippen molar-refractivity contribution in [3.63, 3.8) is 0 Å². The van der Waals surface area contributed by atoms with Crippen molar-refractivity contribution in [1.29, 1.82) is 0 Å². The second-order valence-electron chi connectivity index (χ2n) is 8.68. The van der Waals surface area contributed by atoms with Crippen LogP contribution < -0.4 is 10.2 Å². The van der Waals surface area contributed by atoms with Crippen molar-refractivity contribution in [3.05, 3.63) is 18.3 Å². The first-order valence-electron chi connectivity index (χ1n) is 10.3. The molecule has 0 spiro atoms. The molecule has 2 aliphatic heterocycles. The third kappa shape index (κ3) is 5.36. The molecule has 0 aromatic carbocycles. The molecule has 154 valence electrons. The number of rotatable bonds is 3. The second-order valence-corrected chi connectivity index (χ2v) is 8.68. The summed E-state index contributed by atoms with van der Waals surface area (Å²) in [6.45, 7) is 8.51. The molecule has 0 aliphatic carbocycles. The van der Waals surface area contributed by atoms with Crippen LogP contribution in [-0.4, -0.2) is 53.7 Å². The van der Waals surface area contributed by atoms with Crippen molar-refractivity contribution in [2.45, 2.75) is 58.5 Å². The predicted octanol–water partition coefficient (Wildman–Crippen LogP) is 3.66. The zero-order valence-corrected chi connectivity index (χ0v) is 17.2. The molecule has 1 aromatic heterocycles. The zero-order valence-electron chi connectivity index (χ0n) is 17.2. The van der Waals surface area contributed by atoms with Crippen LogP contribution in [0, 0.1) is 5.92 Å². The van der Waals surface area contributed by atoms with Gasteiger partial charge in [-0.05, 0) is 65.0 Å². The summed E-state index contributed by atoms with van der Waals surface area (Å²) in [6.07, 6.45) is 6.53. The van der Waals surface area contributed by atoms with Gasteiger partial charge in [0, 0.05) is 32.4 Å². The van der Waals surface area contributed by atoms with E-state index in [0.29, 0.717) is 13.1 Å². The van der Waals surface area contributed by atoms with Crippen LogP contribution in [0.5, 0.6) is 0 Å². The highest BCUT2D eigenvalue weighted by Crippen LogP contribution is 2.27. The van der Waals surface area contributed by atoms with E-state index in [1.165, 1.54) is 6.42 Å². The highest BCUT2D eigenvalue weighted by Gasteiger charge is 2.31. The fraction of sp³-hybridized carbons (Fsp3) is 0.667. The van der Waals surface area contributed by atoms with E-state index in [1.807, 2.05) is 32.9 Å². The quantitative estimate of drug-likeness (QED) is 0.855. The van der Waals surface area contributed by atoms with Crippen LogP contribution in [0.25, 0.3) is 0 Å². The van der Waals surface area contributed by atoms with Crippen LogP contribution in [-0.2, 0) is 9.53 Å². The number of aromatic nitrogens is 1. The SMILES string of the molecule is CC(C)(C)OC(=O)N1CCCC(C(=O)Nc2cccnc2N2CCCCC2)C1. The highest BCUT2D eigenvalue weighted by atomic mass is 16.6. The molecule has 3 heterocycles. The predicted molar refractivity (Wildman–Crippen MR) is 109 cm³/mol. The number of amides is 2. The van der Waals surface area contributed by atoms with Gasteiger partial charge in [-0.25, -0.2) is 9.78 Å². The van der Waals surface area contributed by atoms with Crippen LogP contribution >= 0.6 is 0 Å². The van der Waals surface area contributed by atoms with E-state index in [-0.39, 0.29) is 17.9 Å². The first kappa shape index (κ1) is 20.4. The third-order valence-corrected chi connectivity index (χ3v) is 5.14. The van der Waals surface area contributed by atoms with E-state index >= 15 is 0 Å². The Bertz CT molecular complexity index is 695. The summed E-state index contributed by atoms with van der Waals surface area (Å²) in [5.41, 5.74) is 0.217. The Morgan fingerprint density at radius 2 is 1.89 bits per heavy atom. The molecule has 2 amide bonds. The van der Waals surface area contributed by atoms with Gasteiger partial charge in [0.1, 0.15) is 5.60 Å². The highest BCUT2D eigenvalue weighted by molar-refractivity contribution is 5.95. The molecular formula is C21H32N4O3. The van der Waals surface area contributed by atoms with E-state index in [4.69, 9.17) is 4.74 Å². The van der Waals surface area contributed by atoms with Gasteiger partial charge in [0.05, 0.1) is 11.6 Å². The molecule has 1 atom stereocenters. The van der Waals surface area contributed by atoms with Crippen molar-refractivity contribution < 1.29 is 14.3 Å². The van der Waals surface area contributed by atoms with Crippen LogP contribution in [0.4, 0.5) is 16.3 Å². The van der Waals surface area contributed by atoms with Crippen molar-refractivity contribution in [1.82, 2.24) is 9.88 Å². The van der Waals surface area contributed by atoms with Gasteiger partial charge in [-0.1, -0.05) is 0 Å². The smallest absolute Gasteiger partial charge is 0.410 e. The lowest BCUT2D eigenvalue weighted by molar-refractivity contribution is -0.121. The topological polar surface area (TPSA) is 74.8 Å². The number of likely N-dealkylation sites (tertiary alicyclic amines) is 1. The maximum absolute atomic E-state index is 12.9. The Morgan fingerprint density at radius 3 is 2.61 bits per heavy atom. The number of nitrogens with one attached hydrogen (secondary N) is 1. The number of nitrogens with zero attached hydrogens (tertiary/aromatic N) is 3. The summed E-state index contributed by atoms with van der Waals surface area (Å²) in [6, 6.07) is 3.75. The van der Waals surface area contributed by atoms with E-state index in [2.05, 4.69) is 15.2 Å². The normalized spacial score (nSPS) is 20.6. The molecule has 1 aromatic rings. The maximum atomic E-state index is 12.9. The lowest BCUT2D eigenvalue weighted by atomic mass is 9.97. The maximum Gasteiger partial charge on any atom is 0.410 e. The Balaban J connectivity index is 1.64. The van der Waals surface area contributed by atoms with E-state index in [1.54, 1.807) is 11.1 Å². The fourth-order valence-corrected chi connectivity index (χ4v) is 3.77.